The minimum absolute atomic E-state index is 0.0642. The average molecular weight is 223 g/mol. The first kappa shape index (κ1) is 8.46. The van der Waals surface area contributed by atoms with Crippen LogP contribution >= 0.6 is 15.9 Å². The van der Waals surface area contributed by atoms with Crippen molar-refractivity contribution in [1.82, 2.24) is 0 Å². The normalized spacial score (nSPS) is 9.82. The zero-order chi connectivity index (χ0) is 8.43. The lowest BCUT2D eigenvalue weighted by Gasteiger charge is -2.01. The van der Waals surface area contributed by atoms with Gasteiger partial charge in [0.1, 0.15) is 5.75 Å². The van der Waals surface area contributed by atoms with Gasteiger partial charge in [0.25, 0.3) is 0 Å². The molecule has 0 aliphatic heterocycles. The van der Waals surface area contributed by atoms with Crippen molar-refractivity contribution < 1.29 is 13.5 Å². The third kappa shape index (κ3) is 1.68. The van der Waals surface area contributed by atoms with Crippen LogP contribution in [0.1, 0.15) is 0 Å². The summed E-state index contributed by atoms with van der Waals surface area (Å²) in [6, 6.07) is 2.35. The average Bonchev–Trinajstić information content (AvgIpc) is 1.99. The molecule has 0 saturated heterocycles. The number of ether oxygens (including phenoxy) is 1. The number of methoxy groups -OCH3 is 1. The van der Waals surface area contributed by atoms with Crippen molar-refractivity contribution in [2.75, 3.05) is 7.11 Å². The van der Waals surface area contributed by atoms with Crippen LogP contribution in [0.5, 0.6) is 5.75 Å². The van der Waals surface area contributed by atoms with E-state index in [1.807, 2.05) is 0 Å². The zero-order valence-electron chi connectivity index (χ0n) is 5.70. The van der Waals surface area contributed by atoms with E-state index in [0.717, 1.165) is 6.07 Å². The van der Waals surface area contributed by atoms with E-state index in [1.165, 1.54) is 13.2 Å². The summed E-state index contributed by atoms with van der Waals surface area (Å²) in [6.45, 7) is 0. The lowest BCUT2D eigenvalue weighted by atomic mass is 10.3. The van der Waals surface area contributed by atoms with E-state index in [4.69, 9.17) is 4.74 Å². The molecule has 1 rings (SSSR count). The first-order valence-electron chi connectivity index (χ1n) is 2.83. The van der Waals surface area contributed by atoms with Crippen LogP contribution in [0.2, 0.25) is 0 Å². The predicted octanol–water partition coefficient (Wildman–Crippen LogP) is 2.74. The van der Waals surface area contributed by atoms with Crippen LogP contribution in [0.25, 0.3) is 0 Å². The Balaban J connectivity index is 3.21. The van der Waals surface area contributed by atoms with E-state index in [-0.39, 0.29) is 10.2 Å². The number of hydrogen-bond acceptors (Lipinski definition) is 1. The monoisotopic (exact) mass is 222 g/mol. The fourth-order valence-corrected chi connectivity index (χ4v) is 1.07. The number of rotatable bonds is 1. The van der Waals surface area contributed by atoms with Gasteiger partial charge < -0.3 is 4.74 Å². The van der Waals surface area contributed by atoms with Crippen LogP contribution in [0.15, 0.2) is 16.6 Å². The van der Waals surface area contributed by atoms with Crippen molar-refractivity contribution in [3.05, 3.63) is 28.2 Å². The molecule has 0 spiro atoms. The van der Waals surface area contributed by atoms with Crippen LogP contribution in [0.4, 0.5) is 8.78 Å². The Morgan fingerprint density at radius 2 is 2.00 bits per heavy atom. The second kappa shape index (κ2) is 3.17. The molecule has 60 valence electrons. The van der Waals surface area contributed by atoms with Crippen LogP contribution in [0, 0.1) is 11.6 Å². The molecule has 0 radical (unpaired) electrons. The van der Waals surface area contributed by atoms with Gasteiger partial charge in [-0.1, -0.05) is 0 Å². The molecule has 0 aromatic heterocycles. The molecule has 0 atom stereocenters. The highest BCUT2D eigenvalue weighted by atomic mass is 79.9. The van der Waals surface area contributed by atoms with Gasteiger partial charge in [-0.2, -0.15) is 0 Å². The van der Waals surface area contributed by atoms with Gasteiger partial charge in [-0.3, -0.25) is 0 Å². The fraction of sp³-hybridized carbons (Fsp3) is 0.143. The second-order valence-electron chi connectivity index (χ2n) is 1.91. The Bertz CT molecular complexity index is 252. The molecule has 0 unspecified atom stereocenters. The van der Waals surface area contributed by atoms with E-state index >= 15 is 0 Å². The summed E-state index contributed by atoms with van der Waals surface area (Å²) < 4.78 is 29.9. The zero-order valence-corrected chi connectivity index (χ0v) is 7.28. The summed E-state index contributed by atoms with van der Waals surface area (Å²) in [7, 11) is 1.39. The van der Waals surface area contributed by atoms with Gasteiger partial charge in [-0.15, -0.1) is 0 Å². The second-order valence-corrected chi connectivity index (χ2v) is 2.76. The Morgan fingerprint density at radius 3 is 2.45 bits per heavy atom. The smallest absolute Gasteiger partial charge is 0.173 e. The van der Waals surface area contributed by atoms with Gasteiger partial charge in [-0.05, 0) is 22.0 Å². The number of halogens is 3. The minimum atomic E-state index is -0.920. The van der Waals surface area contributed by atoms with Crippen LogP contribution in [0.3, 0.4) is 0 Å². The molecule has 0 saturated carbocycles. The third-order valence-electron chi connectivity index (χ3n) is 1.19. The molecule has 0 heterocycles. The Hall–Kier alpha value is -0.640. The molecular formula is C7H5BrF2O. The quantitative estimate of drug-likeness (QED) is 0.665. The molecule has 11 heavy (non-hydrogen) atoms. The topological polar surface area (TPSA) is 9.23 Å². The minimum Gasteiger partial charge on any atom is -0.497 e. The van der Waals surface area contributed by atoms with E-state index < -0.39 is 11.6 Å². The van der Waals surface area contributed by atoms with Crippen LogP contribution in [-0.2, 0) is 0 Å². The van der Waals surface area contributed by atoms with Crippen molar-refractivity contribution in [1.29, 1.82) is 0 Å². The molecule has 0 aliphatic rings. The van der Waals surface area contributed by atoms with Crippen molar-refractivity contribution in [2.24, 2.45) is 0 Å². The van der Waals surface area contributed by atoms with Gasteiger partial charge in [0.05, 0.1) is 11.6 Å². The van der Waals surface area contributed by atoms with E-state index in [0.29, 0.717) is 0 Å². The molecule has 4 heteroatoms. The Morgan fingerprint density at radius 1 is 1.36 bits per heavy atom. The molecule has 0 fully saturated rings. The summed E-state index contributed by atoms with van der Waals surface area (Å²) in [4.78, 5) is 0. The summed E-state index contributed by atoms with van der Waals surface area (Å²) in [5.41, 5.74) is 0. The Kier molecular flexibility index (Phi) is 2.44. The van der Waals surface area contributed by atoms with E-state index in [1.54, 1.807) is 0 Å². The summed E-state index contributed by atoms with van der Waals surface area (Å²) >= 11 is 2.84. The summed E-state index contributed by atoms with van der Waals surface area (Å²) in [5, 5.41) is 0. The molecule has 0 aliphatic carbocycles. The molecule has 0 amide bonds. The third-order valence-corrected chi connectivity index (χ3v) is 1.77. The maximum absolute atomic E-state index is 12.6. The maximum atomic E-state index is 12.6. The largest absolute Gasteiger partial charge is 0.497 e. The molecule has 1 aromatic rings. The van der Waals surface area contributed by atoms with Crippen molar-refractivity contribution >= 4 is 15.9 Å². The van der Waals surface area contributed by atoms with Crippen molar-refractivity contribution in [2.45, 2.75) is 0 Å². The van der Waals surface area contributed by atoms with Crippen molar-refractivity contribution in [3.8, 4) is 5.75 Å². The van der Waals surface area contributed by atoms with Gasteiger partial charge >= 0.3 is 0 Å². The first-order valence-corrected chi connectivity index (χ1v) is 3.63. The van der Waals surface area contributed by atoms with Gasteiger partial charge in [0.2, 0.25) is 0 Å². The van der Waals surface area contributed by atoms with Gasteiger partial charge in [-0.25, -0.2) is 8.78 Å². The maximum Gasteiger partial charge on any atom is 0.173 e. The van der Waals surface area contributed by atoms with Crippen molar-refractivity contribution in [3.63, 3.8) is 0 Å². The van der Waals surface area contributed by atoms with Crippen LogP contribution in [-0.4, -0.2) is 7.11 Å². The molecule has 0 bridgehead atoms. The summed E-state index contributed by atoms with van der Waals surface area (Å²) in [5.74, 6) is -1.53. The lowest BCUT2D eigenvalue weighted by molar-refractivity contribution is 0.405. The fourth-order valence-electron chi connectivity index (χ4n) is 0.650. The standard InChI is InChI=1S/C7H5BrF2O/c1-11-4-2-5(8)7(10)6(9)3-4/h2-3H,1H3. The lowest BCUT2D eigenvalue weighted by Crippen LogP contribution is -1.89. The van der Waals surface area contributed by atoms with E-state index in [2.05, 4.69) is 15.9 Å². The molecule has 1 nitrogen and oxygen atoms in total. The van der Waals surface area contributed by atoms with E-state index in [9.17, 15) is 8.78 Å². The highest BCUT2D eigenvalue weighted by Crippen LogP contribution is 2.24. The number of benzene rings is 1. The summed E-state index contributed by atoms with van der Waals surface area (Å²) in [6.07, 6.45) is 0. The van der Waals surface area contributed by atoms with Gasteiger partial charge in [0.15, 0.2) is 11.6 Å². The molecule has 0 N–H and O–H groups in total. The highest BCUT2D eigenvalue weighted by molar-refractivity contribution is 9.10. The predicted molar refractivity (Wildman–Crippen MR) is 40.6 cm³/mol. The number of hydrogen-bond donors (Lipinski definition) is 0. The SMILES string of the molecule is COc1cc(F)c(F)c(Br)c1. The van der Waals surface area contributed by atoms with Crippen LogP contribution < -0.4 is 4.74 Å². The molecular weight excluding hydrogens is 218 g/mol. The van der Waals surface area contributed by atoms with Gasteiger partial charge in [0, 0.05) is 6.07 Å². The highest BCUT2D eigenvalue weighted by Gasteiger charge is 2.07. The first-order chi connectivity index (χ1) is 5.15. The Labute approximate surface area is 71.1 Å². The molecule has 1 aromatic carbocycles.